The van der Waals surface area contributed by atoms with E-state index in [1.54, 1.807) is 23.4 Å². The van der Waals surface area contributed by atoms with Crippen molar-refractivity contribution >= 4 is 56.7 Å². The molecule has 2 saturated heterocycles. The lowest BCUT2D eigenvalue weighted by atomic mass is 9.85. The fourth-order valence-electron chi connectivity index (χ4n) is 8.25. The van der Waals surface area contributed by atoms with E-state index in [0.717, 1.165) is 92.1 Å². The number of piperidine rings is 1. The summed E-state index contributed by atoms with van der Waals surface area (Å²) in [6, 6.07) is 11.3. The van der Waals surface area contributed by atoms with Crippen molar-refractivity contribution in [1.82, 2.24) is 34.9 Å². The van der Waals surface area contributed by atoms with Crippen LogP contribution >= 0.6 is 0 Å². The maximum absolute atomic E-state index is 13.1. The van der Waals surface area contributed by atoms with Gasteiger partial charge in [0.05, 0.1) is 24.1 Å². The highest BCUT2D eigenvalue weighted by Crippen LogP contribution is 2.37. The van der Waals surface area contributed by atoms with Gasteiger partial charge in [-0.15, -0.1) is 0 Å². The zero-order valence-corrected chi connectivity index (χ0v) is 30.3. The normalized spacial score (nSPS) is 20.0. The number of fused-ring (bicyclic) bond motifs is 2. The summed E-state index contributed by atoms with van der Waals surface area (Å²) in [5.41, 5.74) is 1.01. The maximum Gasteiger partial charge on any atom is 0.433 e. The fraction of sp³-hybridized carbons (Fsp3) is 0.410. The lowest BCUT2D eigenvalue weighted by Gasteiger charge is -2.40. The molecule has 0 unspecified atom stereocenters. The summed E-state index contributed by atoms with van der Waals surface area (Å²) in [4.78, 5) is 55.7. The van der Waals surface area contributed by atoms with Gasteiger partial charge in [0, 0.05) is 72.9 Å². The zero-order valence-electron chi connectivity index (χ0n) is 30.3. The summed E-state index contributed by atoms with van der Waals surface area (Å²) in [5, 5.41) is 12.4. The highest BCUT2D eigenvalue weighted by atomic mass is 19.4. The van der Waals surface area contributed by atoms with Crippen LogP contribution in [-0.2, 0) is 11.0 Å². The number of rotatable bonds is 8. The molecule has 286 valence electrons. The number of urea groups is 1. The molecule has 0 radical (unpaired) electrons. The van der Waals surface area contributed by atoms with Gasteiger partial charge in [-0.05, 0) is 75.8 Å². The van der Waals surface area contributed by atoms with Crippen LogP contribution in [0.25, 0.3) is 21.7 Å². The van der Waals surface area contributed by atoms with E-state index in [1.165, 1.54) is 6.07 Å². The van der Waals surface area contributed by atoms with Crippen molar-refractivity contribution in [3.05, 3.63) is 78.6 Å². The number of benzene rings is 1. The molecule has 0 bridgehead atoms. The Hall–Kier alpha value is -5.64. The van der Waals surface area contributed by atoms with E-state index in [-0.39, 0.29) is 29.9 Å². The molecular formula is C39H41F3N10O3. The molecule has 13 nitrogen and oxygen atoms in total. The molecule has 2 N–H and O–H groups in total. The number of halogens is 3. The van der Waals surface area contributed by atoms with Crippen LogP contribution in [-0.4, -0.2) is 86.7 Å². The molecule has 1 aromatic carbocycles. The molecular weight excluding hydrogens is 713 g/mol. The molecule has 8 rings (SSSR count). The highest BCUT2D eigenvalue weighted by molar-refractivity contribution is 6.11. The van der Waals surface area contributed by atoms with Crippen LogP contribution in [0, 0.1) is 5.92 Å². The number of alkyl halides is 3. The second-order valence-electron chi connectivity index (χ2n) is 14.7. The zero-order chi connectivity index (χ0) is 38.3. The van der Waals surface area contributed by atoms with E-state index in [9.17, 15) is 27.6 Å². The third-order valence-corrected chi connectivity index (χ3v) is 11.2. The molecule has 3 fully saturated rings. The minimum atomic E-state index is -4.65. The van der Waals surface area contributed by atoms with Gasteiger partial charge in [0.15, 0.2) is 0 Å². The van der Waals surface area contributed by atoms with Crippen LogP contribution < -0.4 is 20.4 Å². The third-order valence-electron chi connectivity index (χ3n) is 11.2. The largest absolute Gasteiger partial charge is 0.433 e. The van der Waals surface area contributed by atoms with Crippen LogP contribution in [0.3, 0.4) is 0 Å². The predicted molar refractivity (Wildman–Crippen MR) is 201 cm³/mol. The third kappa shape index (κ3) is 7.68. The highest BCUT2D eigenvalue weighted by Gasteiger charge is 2.33. The molecule has 1 saturated carbocycles. The summed E-state index contributed by atoms with van der Waals surface area (Å²) in [5.74, 6) is -0.245. The van der Waals surface area contributed by atoms with Gasteiger partial charge >= 0.3 is 12.2 Å². The lowest BCUT2D eigenvalue weighted by Crippen LogP contribution is -2.49. The average molecular weight is 755 g/mol. The molecule has 6 heterocycles. The molecule has 4 amide bonds. The number of anilines is 3. The number of carbonyl (C=O) groups excluding carboxylic acids is 3. The Kier molecular flexibility index (Phi) is 9.84. The Bertz CT molecular complexity index is 2250. The minimum Gasteiger partial charge on any atom is -0.371 e. The smallest absolute Gasteiger partial charge is 0.371 e. The Morgan fingerprint density at radius 3 is 2.49 bits per heavy atom. The molecule has 5 aromatic rings. The second-order valence-corrected chi connectivity index (χ2v) is 14.7. The first-order valence-corrected chi connectivity index (χ1v) is 18.6. The molecule has 0 spiro atoms. The molecule has 16 heteroatoms. The van der Waals surface area contributed by atoms with E-state index in [1.807, 2.05) is 29.2 Å². The summed E-state index contributed by atoms with van der Waals surface area (Å²) in [7, 11) is 2.24. The molecule has 4 aromatic heterocycles. The SMILES string of the molecule is CN(C[C@H]1CC[C@H](n2cc3cc(NC(=O)c4cccc(C(F)(F)F)n4)ncc3n2)CC1)C1CCN(c2cccc3c(N4CCC(=O)NC4=O)cncc23)CC1. The number of imide groups is 1. The van der Waals surface area contributed by atoms with E-state index < -0.39 is 23.8 Å². The van der Waals surface area contributed by atoms with E-state index >= 15 is 0 Å². The standard InChI is InChI=1S/C39H41F3N10O3/c1-49(26-12-15-50(16-13-26)32-6-2-4-28-29(32)19-43-21-33(28)51-17-14-36(53)47-38(51)55)22-24-8-10-27(11-9-24)52-23-25-18-35(44-20-31(25)48-52)46-37(54)30-5-3-7-34(45-30)39(40,41)42/h2-7,18-21,23-24,26-27H,8-17,22H2,1H3,(H,46,54)(H,47,53,55)/t24-,27-. The van der Waals surface area contributed by atoms with E-state index in [4.69, 9.17) is 5.10 Å². The van der Waals surface area contributed by atoms with Gasteiger partial charge in [-0.3, -0.25) is 29.5 Å². The lowest BCUT2D eigenvalue weighted by molar-refractivity contribution is -0.141. The number of pyridine rings is 3. The van der Waals surface area contributed by atoms with Gasteiger partial charge in [0.2, 0.25) is 5.91 Å². The van der Waals surface area contributed by atoms with Crippen LogP contribution in [0.15, 0.2) is 67.3 Å². The fourth-order valence-corrected chi connectivity index (χ4v) is 8.25. The first-order chi connectivity index (χ1) is 26.5. The quantitative estimate of drug-likeness (QED) is 0.184. The van der Waals surface area contributed by atoms with Crippen molar-refractivity contribution < 1.29 is 27.6 Å². The summed E-state index contributed by atoms with van der Waals surface area (Å²) < 4.78 is 41.2. The summed E-state index contributed by atoms with van der Waals surface area (Å²) >= 11 is 0. The van der Waals surface area contributed by atoms with Gasteiger partial charge in [-0.2, -0.15) is 18.3 Å². The molecule has 3 aliphatic rings. The van der Waals surface area contributed by atoms with Crippen molar-refractivity contribution in [2.24, 2.45) is 5.92 Å². The van der Waals surface area contributed by atoms with Crippen LogP contribution in [0.5, 0.6) is 0 Å². The number of amides is 4. The van der Waals surface area contributed by atoms with Gasteiger partial charge < -0.3 is 15.1 Å². The summed E-state index contributed by atoms with van der Waals surface area (Å²) in [6.45, 7) is 3.19. The van der Waals surface area contributed by atoms with Gasteiger partial charge in [-0.1, -0.05) is 18.2 Å². The average Bonchev–Trinajstić information content (AvgIpc) is 3.61. The first-order valence-electron chi connectivity index (χ1n) is 18.6. The predicted octanol–water partition coefficient (Wildman–Crippen LogP) is 6.42. The number of nitrogens with one attached hydrogen (secondary N) is 2. The van der Waals surface area contributed by atoms with Crippen LogP contribution in [0.1, 0.15) is 67.2 Å². The van der Waals surface area contributed by atoms with E-state index in [2.05, 4.69) is 48.5 Å². The Balaban J connectivity index is 0.835. The van der Waals surface area contributed by atoms with E-state index in [0.29, 0.717) is 29.7 Å². The molecule has 2 aliphatic heterocycles. The summed E-state index contributed by atoms with van der Waals surface area (Å²) in [6.07, 6.45) is 8.91. The van der Waals surface area contributed by atoms with Crippen LogP contribution in [0.4, 0.5) is 35.2 Å². The monoisotopic (exact) mass is 754 g/mol. The number of aromatic nitrogens is 5. The van der Waals surface area contributed by atoms with Crippen molar-refractivity contribution in [3.63, 3.8) is 0 Å². The number of hydrogen-bond acceptors (Lipinski definition) is 9. The van der Waals surface area contributed by atoms with Gasteiger partial charge in [-0.25, -0.2) is 14.8 Å². The second kappa shape index (κ2) is 14.9. The Morgan fingerprint density at radius 2 is 1.73 bits per heavy atom. The minimum absolute atomic E-state index is 0.208. The van der Waals surface area contributed by atoms with Crippen molar-refractivity contribution in [2.45, 2.75) is 63.2 Å². The Morgan fingerprint density at radius 1 is 0.945 bits per heavy atom. The number of hydrogen-bond donors (Lipinski definition) is 2. The van der Waals surface area contributed by atoms with Gasteiger partial charge in [0.25, 0.3) is 5.91 Å². The number of carbonyl (C=O) groups is 3. The topological polar surface area (TPSA) is 141 Å². The number of nitrogens with zero attached hydrogens (tertiary/aromatic N) is 8. The Labute approximate surface area is 314 Å². The van der Waals surface area contributed by atoms with Crippen molar-refractivity contribution in [1.29, 1.82) is 0 Å². The van der Waals surface area contributed by atoms with Gasteiger partial charge in [0.1, 0.15) is 22.7 Å². The van der Waals surface area contributed by atoms with Crippen LogP contribution in [0.2, 0.25) is 0 Å². The molecule has 55 heavy (non-hydrogen) atoms. The van der Waals surface area contributed by atoms with Crippen molar-refractivity contribution in [3.8, 4) is 0 Å². The first kappa shape index (κ1) is 36.3. The molecule has 1 aliphatic carbocycles. The maximum atomic E-state index is 13.1. The molecule has 0 atom stereocenters. The van der Waals surface area contributed by atoms with Crippen molar-refractivity contribution in [2.75, 3.05) is 48.3 Å².